The second kappa shape index (κ2) is 13.8. The zero-order valence-electron chi connectivity index (χ0n) is 23.9. The van der Waals surface area contributed by atoms with Gasteiger partial charge in [-0.15, -0.1) is 0 Å². The number of carbonyl (C=O) groups is 2. The highest BCUT2D eigenvalue weighted by Gasteiger charge is 2.56. The summed E-state index contributed by atoms with van der Waals surface area (Å²) in [5.74, 6) is -1.66. The van der Waals surface area contributed by atoms with Crippen molar-refractivity contribution in [2.75, 3.05) is 0 Å². The number of nitriles is 1. The van der Waals surface area contributed by atoms with Gasteiger partial charge in [0.15, 0.2) is 5.78 Å². The molecule has 1 aliphatic carbocycles. The number of hydrogen-bond acceptors (Lipinski definition) is 6. The molecule has 5 rings (SSSR count). The Morgan fingerprint density at radius 1 is 1.17 bits per heavy atom. The molecule has 1 aromatic heterocycles. The van der Waals surface area contributed by atoms with Gasteiger partial charge in [-0.2, -0.15) is 5.26 Å². The summed E-state index contributed by atoms with van der Waals surface area (Å²) in [6.07, 6.45) is 1.74. The summed E-state index contributed by atoms with van der Waals surface area (Å²) in [4.78, 5) is 31.8. The maximum absolute atomic E-state index is 16.0. The molecular formula is C32H35ClFN3O4. The number of hydrogen-bond donors (Lipinski definition) is 1. The Labute approximate surface area is 245 Å². The minimum absolute atomic E-state index is 0.000132. The minimum Gasteiger partial charge on any atom is -0.393 e. The molecule has 2 aromatic carbocycles. The molecule has 1 fully saturated rings. The number of ether oxygens (including phenoxy) is 1. The molecule has 0 bridgehead atoms. The Morgan fingerprint density at radius 3 is 2.39 bits per heavy atom. The number of ketones is 1. The first-order valence-electron chi connectivity index (χ1n) is 13.9. The van der Waals surface area contributed by atoms with E-state index in [9.17, 15) is 14.7 Å². The zero-order valence-corrected chi connectivity index (χ0v) is 24.7. The Kier molecular flexibility index (Phi) is 10.7. The van der Waals surface area contributed by atoms with E-state index in [4.69, 9.17) is 21.6 Å². The Hall–Kier alpha value is -3.64. The van der Waals surface area contributed by atoms with Gasteiger partial charge in [-0.1, -0.05) is 51.4 Å². The number of fused-ring (bicyclic) bond motifs is 1. The van der Waals surface area contributed by atoms with E-state index in [0.717, 1.165) is 6.07 Å². The van der Waals surface area contributed by atoms with Gasteiger partial charge in [0.25, 0.3) is 5.91 Å². The molecule has 1 saturated carbocycles. The van der Waals surface area contributed by atoms with E-state index in [1.807, 2.05) is 33.8 Å². The van der Waals surface area contributed by atoms with Gasteiger partial charge in [-0.25, -0.2) is 4.39 Å². The number of carbonyl (C=O) groups excluding carboxylic acids is 2. The highest BCUT2D eigenvalue weighted by Crippen LogP contribution is 2.49. The van der Waals surface area contributed by atoms with Gasteiger partial charge >= 0.3 is 0 Å². The number of aromatic nitrogens is 1. The quantitative estimate of drug-likeness (QED) is 0.323. The number of amides is 1. The van der Waals surface area contributed by atoms with Gasteiger partial charge in [-0.05, 0) is 62.6 Å². The summed E-state index contributed by atoms with van der Waals surface area (Å²) in [5.41, 5.74) is -0.330. The van der Waals surface area contributed by atoms with Crippen LogP contribution >= 0.6 is 11.6 Å². The lowest BCUT2D eigenvalue weighted by atomic mass is 9.91. The highest BCUT2D eigenvalue weighted by atomic mass is 35.5. The normalized spacial score (nSPS) is 20.8. The molecule has 7 nitrogen and oxygen atoms in total. The van der Waals surface area contributed by atoms with Crippen molar-refractivity contribution in [3.05, 3.63) is 99.1 Å². The number of rotatable bonds is 6. The van der Waals surface area contributed by atoms with Crippen molar-refractivity contribution in [3.63, 3.8) is 0 Å². The molecule has 2 heterocycles. The van der Waals surface area contributed by atoms with Crippen LogP contribution in [0.15, 0.2) is 54.7 Å². The number of Topliss-reactive ketones (excluding diaryl/α,β-unsaturated/α-hetero) is 1. The topological polar surface area (TPSA) is 104 Å². The SMILES string of the molecule is CC.CC.CC(=O)c1cc(F)c2c(c1)C(=O)N(Cc1ccc(C#N)cn1)C2(OC1CCC(O)C1)c1ccc(Cl)cc1. The zero-order chi connectivity index (χ0) is 30.3. The molecule has 1 amide bonds. The largest absolute Gasteiger partial charge is 0.393 e. The van der Waals surface area contributed by atoms with E-state index in [2.05, 4.69) is 4.98 Å². The van der Waals surface area contributed by atoms with Crippen LogP contribution < -0.4 is 0 Å². The monoisotopic (exact) mass is 579 g/mol. The molecule has 0 saturated heterocycles. The second-order valence-electron chi connectivity index (χ2n) is 9.34. The van der Waals surface area contributed by atoms with Gasteiger partial charge in [-0.3, -0.25) is 19.5 Å². The maximum atomic E-state index is 16.0. The van der Waals surface area contributed by atoms with E-state index in [1.165, 1.54) is 24.1 Å². The number of nitrogens with zero attached hydrogens (tertiary/aromatic N) is 3. The van der Waals surface area contributed by atoms with Gasteiger partial charge in [0.2, 0.25) is 5.72 Å². The predicted octanol–water partition coefficient (Wildman–Crippen LogP) is 6.79. The Morgan fingerprint density at radius 2 is 1.85 bits per heavy atom. The van der Waals surface area contributed by atoms with Crippen LogP contribution in [0.5, 0.6) is 0 Å². The third-order valence-electron chi connectivity index (χ3n) is 6.89. The molecule has 9 heteroatoms. The van der Waals surface area contributed by atoms with Gasteiger partial charge in [0, 0.05) is 22.3 Å². The Balaban J connectivity index is 0.00000111. The molecule has 1 aliphatic heterocycles. The van der Waals surface area contributed by atoms with Gasteiger partial charge in [0.05, 0.1) is 41.1 Å². The summed E-state index contributed by atoms with van der Waals surface area (Å²) in [6, 6.07) is 14.3. The summed E-state index contributed by atoms with van der Waals surface area (Å²) in [7, 11) is 0. The third-order valence-corrected chi connectivity index (χ3v) is 7.15. The number of pyridine rings is 1. The fourth-order valence-corrected chi connectivity index (χ4v) is 5.23. The average Bonchev–Trinajstić information content (AvgIpc) is 3.50. The molecule has 1 N–H and O–H groups in total. The van der Waals surface area contributed by atoms with E-state index >= 15 is 4.39 Å². The van der Waals surface area contributed by atoms with Crippen LogP contribution in [-0.4, -0.2) is 38.9 Å². The van der Waals surface area contributed by atoms with Crippen LogP contribution in [-0.2, 0) is 17.0 Å². The summed E-state index contributed by atoms with van der Waals surface area (Å²) in [5, 5.41) is 19.8. The van der Waals surface area contributed by atoms with Crippen LogP contribution in [0.4, 0.5) is 4.39 Å². The molecule has 0 radical (unpaired) electrons. The molecule has 3 aromatic rings. The first kappa shape index (κ1) is 31.9. The van der Waals surface area contributed by atoms with Crippen LogP contribution in [0.1, 0.15) is 97.0 Å². The standard InChI is InChI=1S/C28H23ClFN3O4.2C2H6/c1-16(34)18-10-24-26(25(30)11-18)28(19-3-5-20(29)6-4-19,37-23-9-8-22(35)12-23)33(27(24)36)15-21-7-2-17(13-31)14-32-21;2*1-2/h2-7,10-11,14,22-23,35H,8-9,12,15H2,1H3;2*1-2H3. The predicted molar refractivity (Wildman–Crippen MR) is 155 cm³/mol. The van der Waals surface area contributed by atoms with Crippen molar-refractivity contribution < 1.29 is 23.8 Å². The summed E-state index contributed by atoms with van der Waals surface area (Å²) >= 11 is 6.16. The number of aliphatic hydroxyl groups excluding tert-OH is 1. The molecule has 0 spiro atoms. The third kappa shape index (κ3) is 6.33. The lowest BCUT2D eigenvalue weighted by molar-refractivity contribution is -0.149. The molecular weight excluding hydrogens is 545 g/mol. The lowest BCUT2D eigenvalue weighted by Gasteiger charge is -2.41. The van der Waals surface area contributed by atoms with Gasteiger partial charge < -0.3 is 9.84 Å². The van der Waals surface area contributed by atoms with Crippen LogP contribution in [0.3, 0.4) is 0 Å². The molecule has 41 heavy (non-hydrogen) atoms. The van der Waals surface area contributed by atoms with Crippen molar-refractivity contribution in [1.29, 1.82) is 5.26 Å². The van der Waals surface area contributed by atoms with Crippen molar-refractivity contribution in [1.82, 2.24) is 9.88 Å². The van der Waals surface area contributed by atoms with Crippen LogP contribution in [0, 0.1) is 17.1 Å². The highest BCUT2D eigenvalue weighted by molar-refractivity contribution is 6.30. The number of benzene rings is 2. The van der Waals surface area contributed by atoms with Crippen molar-refractivity contribution >= 4 is 23.3 Å². The molecule has 216 valence electrons. The fourth-order valence-electron chi connectivity index (χ4n) is 5.11. The smallest absolute Gasteiger partial charge is 0.257 e. The van der Waals surface area contributed by atoms with E-state index < -0.39 is 29.7 Å². The van der Waals surface area contributed by atoms with Crippen molar-refractivity contribution in [3.8, 4) is 6.07 Å². The average molecular weight is 580 g/mol. The Bertz CT molecular complexity index is 1420. The lowest BCUT2D eigenvalue weighted by Crippen LogP contribution is -2.48. The first-order valence-corrected chi connectivity index (χ1v) is 14.2. The van der Waals surface area contributed by atoms with Crippen molar-refractivity contribution in [2.24, 2.45) is 0 Å². The van der Waals surface area contributed by atoms with Crippen LogP contribution in [0.2, 0.25) is 5.02 Å². The van der Waals surface area contributed by atoms with E-state index in [0.29, 0.717) is 41.1 Å². The molecule has 2 aliphatic rings. The van der Waals surface area contributed by atoms with E-state index in [-0.39, 0.29) is 29.0 Å². The van der Waals surface area contributed by atoms with Gasteiger partial charge in [0.1, 0.15) is 11.9 Å². The number of halogens is 2. The first-order chi connectivity index (χ1) is 19.7. The minimum atomic E-state index is -1.71. The molecule has 3 atom stereocenters. The second-order valence-corrected chi connectivity index (χ2v) is 9.77. The van der Waals surface area contributed by atoms with E-state index in [1.54, 1.807) is 36.4 Å². The van der Waals surface area contributed by atoms with Crippen molar-refractivity contribution in [2.45, 2.75) is 78.4 Å². The maximum Gasteiger partial charge on any atom is 0.257 e. The number of aliphatic hydroxyl groups is 1. The molecule has 3 unspecified atom stereocenters. The summed E-state index contributed by atoms with van der Waals surface area (Å²) in [6.45, 7) is 9.24. The van der Waals surface area contributed by atoms with Crippen LogP contribution in [0.25, 0.3) is 0 Å². The summed E-state index contributed by atoms with van der Waals surface area (Å²) < 4.78 is 22.6. The fraction of sp³-hybridized carbons (Fsp3) is 0.375.